The van der Waals surface area contributed by atoms with Gasteiger partial charge in [0.05, 0.1) is 6.26 Å². The Morgan fingerprint density at radius 2 is 1.81 bits per heavy atom. The molecule has 13 heteroatoms. The molecule has 7 nitrogen and oxygen atoms in total. The molecule has 3 aromatic heterocycles. The number of ether oxygens (including phenoxy) is 1. The summed E-state index contributed by atoms with van der Waals surface area (Å²) in [7, 11) is 0. The van der Waals surface area contributed by atoms with Crippen LogP contribution in [-0.2, 0) is 5.38 Å². The average Bonchev–Trinajstić information content (AvgIpc) is 3.36. The van der Waals surface area contributed by atoms with E-state index in [2.05, 4.69) is 20.1 Å². The first kappa shape index (κ1) is 21.6. The van der Waals surface area contributed by atoms with Crippen molar-refractivity contribution < 1.29 is 35.9 Å². The number of aromatic nitrogens is 3. The van der Waals surface area contributed by atoms with Crippen molar-refractivity contribution in [3.8, 4) is 17.2 Å². The number of halogens is 6. The van der Waals surface area contributed by atoms with Gasteiger partial charge >= 0.3 is 11.7 Å². The van der Waals surface area contributed by atoms with Crippen molar-refractivity contribution in [2.24, 2.45) is 0 Å². The Hall–Kier alpha value is -3.67. The number of hydrogen-bond donors (Lipinski definition) is 1. The van der Waals surface area contributed by atoms with Gasteiger partial charge in [0.25, 0.3) is 5.91 Å². The van der Waals surface area contributed by atoms with E-state index >= 15 is 0 Å². The third kappa shape index (κ3) is 4.64. The third-order valence-electron chi connectivity index (χ3n) is 4.07. The molecule has 1 N–H and O–H groups in total. The van der Waals surface area contributed by atoms with Gasteiger partial charge in [-0.1, -0.05) is 0 Å². The standard InChI is InChI=1S/C19H10ClF5N4O3/c20-18(21,22)15-8-12(14-2-1-7-31-14)27-16-9-13(28-29(15)16)17(30)26-10-3-5-11(6-4-10)32-19(23,24)25/h1-9H,(H,26,30). The van der Waals surface area contributed by atoms with E-state index in [0.717, 1.165) is 24.3 Å². The normalized spacial score (nSPS) is 12.2. The second-order valence-corrected chi connectivity index (χ2v) is 6.80. The lowest BCUT2D eigenvalue weighted by atomic mass is 10.2. The summed E-state index contributed by atoms with van der Waals surface area (Å²) in [5.41, 5.74) is -0.970. The average molecular weight is 473 g/mol. The topological polar surface area (TPSA) is 81.7 Å². The number of furan rings is 1. The summed E-state index contributed by atoms with van der Waals surface area (Å²) in [4.78, 5) is 16.7. The van der Waals surface area contributed by atoms with Gasteiger partial charge in [0.15, 0.2) is 17.1 Å². The van der Waals surface area contributed by atoms with Crippen molar-refractivity contribution in [2.75, 3.05) is 5.32 Å². The minimum atomic E-state index is -4.86. The van der Waals surface area contributed by atoms with Crippen LogP contribution in [0.5, 0.6) is 5.75 Å². The van der Waals surface area contributed by atoms with Crippen LogP contribution in [0, 0.1) is 0 Å². The molecule has 0 aliphatic heterocycles. The highest BCUT2D eigenvalue weighted by Crippen LogP contribution is 2.34. The number of anilines is 1. The van der Waals surface area contributed by atoms with Gasteiger partial charge in [-0.05, 0) is 54.1 Å². The number of benzene rings is 1. The molecule has 4 rings (SSSR count). The molecule has 0 fully saturated rings. The van der Waals surface area contributed by atoms with Gasteiger partial charge in [-0.3, -0.25) is 4.79 Å². The molecule has 0 saturated carbocycles. The van der Waals surface area contributed by atoms with E-state index in [1.807, 2.05) is 0 Å². The molecule has 32 heavy (non-hydrogen) atoms. The maximum Gasteiger partial charge on any atom is 0.573 e. The van der Waals surface area contributed by atoms with Gasteiger partial charge in [-0.2, -0.15) is 13.9 Å². The molecule has 3 heterocycles. The predicted molar refractivity (Wildman–Crippen MR) is 102 cm³/mol. The van der Waals surface area contributed by atoms with Crippen LogP contribution in [-0.4, -0.2) is 26.9 Å². The summed E-state index contributed by atoms with van der Waals surface area (Å²) < 4.78 is 74.3. The first-order chi connectivity index (χ1) is 15.0. The number of amides is 1. The van der Waals surface area contributed by atoms with Gasteiger partial charge in [0.1, 0.15) is 17.1 Å². The predicted octanol–water partition coefficient (Wildman–Crippen LogP) is 5.43. The molecule has 0 unspecified atom stereocenters. The van der Waals surface area contributed by atoms with E-state index in [4.69, 9.17) is 16.0 Å². The van der Waals surface area contributed by atoms with Crippen LogP contribution in [0.1, 0.15) is 16.2 Å². The van der Waals surface area contributed by atoms with Crippen LogP contribution in [0.25, 0.3) is 17.1 Å². The number of nitrogens with one attached hydrogen (secondary N) is 1. The summed E-state index contributed by atoms with van der Waals surface area (Å²) in [6.45, 7) is 0. The lowest BCUT2D eigenvalue weighted by Crippen LogP contribution is -2.17. The second-order valence-electron chi connectivity index (χ2n) is 6.33. The molecule has 4 aromatic rings. The molecule has 1 amide bonds. The van der Waals surface area contributed by atoms with E-state index < -0.39 is 29.1 Å². The quantitative estimate of drug-likeness (QED) is 0.309. The van der Waals surface area contributed by atoms with Crippen molar-refractivity contribution in [1.29, 1.82) is 0 Å². The molecule has 0 saturated heterocycles. The number of fused-ring (bicyclic) bond motifs is 1. The zero-order valence-corrected chi connectivity index (χ0v) is 16.3. The number of nitrogens with zero attached hydrogens (tertiary/aromatic N) is 3. The van der Waals surface area contributed by atoms with Gasteiger partial charge in [-0.25, -0.2) is 9.50 Å². The Kier molecular flexibility index (Phi) is 5.25. The largest absolute Gasteiger partial charge is 0.573 e. The van der Waals surface area contributed by atoms with Crippen molar-refractivity contribution in [3.05, 3.63) is 66.2 Å². The molecular weight excluding hydrogens is 463 g/mol. The highest BCUT2D eigenvalue weighted by molar-refractivity contribution is 6.21. The smallest absolute Gasteiger partial charge is 0.463 e. The molecule has 0 aliphatic carbocycles. The molecule has 0 bridgehead atoms. The number of alkyl halides is 6. The Morgan fingerprint density at radius 3 is 2.41 bits per heavy atom. The summed E-state index contributed by atoms with van der Waals surface area (Å²) in [5.74, 6) is -1.10. The van der Waals surface area contributed by atoms with Crippen LogP contribution in [0.15, 0.2) is 59.2 Å². The molecule has 0 atom stereocenters. The van der Waals surface area contributed by atoms with E-state index in [0.29, 0.717) is 4.52 Å². The number of carbonyl (C=O) groups excluding carboxylic acids is 1. The highest BCUT2D eigenvalue weighted by Gasteiger charge is 2.34. The van der Waals surface area contributed by atoms with Crippen molar-refractivity contribution in [3.63, 3.8) is 0 Å². The molecule has 0 aliphatic rings. The SMILES string of the molecule is O=C(Nc1ccc(OC(F)(F)F)cc1)c1cc2nc(-c3ccco3)cc(C(F)(F)Cl)n2n1. The fourth-order valence-electron chi connectivity index (χ4n) is 2.77. The summed E-state index contributed by atoms with van der Waals surface area (Å²) in [6.07, 6.45) is -3.52. The summed E-state index contributed by atoms with van der Waals surface area (Å²) in [5, 5.41) is 2.39. The van der Waals surface area contributed by atoms with Crippen molar-refractivity contribution in [1.82, 2.24) is 14.6 Å². The van der Waals surface area contributed by atoms with Gasteiger partial charge < -0.3 is 14.5 Å². The van der Waals surface area contributed by atoms with Crippen LogP contribution < -0.4 is 10.1 Å². The van der Waals surface area contributed by atoms with E-state index in [1.165, 1.54) is 24.5 Å². The van der Waals surface area contributed by atoms with Gasteiger partial charge in [0.2, 0.25) is 0 Å². The van der Waals surface area contributed by atoms with Crippen LogP contribution in [0.3, 0.4) is 0 Å². The van der Waals surface area contributed by atoms with E-state index in [1.54, 1.807) is 6.07 Å². The minimum absolute atomic E-state index is 0.0462. The Labute approximate surface area is 180 Å². The first-order valence-corrected chi connectivity index (χ1v) is 9.06. The van der Waals surface area contributed by atoms with Crippen LogP contribution >= 0.6 is 11.6 Å². The molecular formula is C19H10ClF5N4O3. The Balaban J connectivity index is 1.64. The molecule has 1 aromatic carbocycles. The summed E-state index contributed by atoms with van der Waals surface area (Å²) in [6, 6.07) is 9.50. The van der Waals surface area contributed by atoms with Gasteiger partial charge in [-0.15, -0.1) is 13.2 Å². The van der Waals surface area contributed by atoms with E-state index in [9.17, 15) is 26.7 Å². The fourth-order valence-corrected chi connectivity index (χ4v) is 2.91. The third-order valence-corrected chi connectivity index (χ3v) is 4.26. The molecule has 0 radical (unpaired) electrons. The first-order valence-electron chi connectivity index (χ1n) is 8.69. The highest BCUT2D eigenvalue weighted by atomic mass is 35.5. The van der Waals surface area contributed by atoms with Crippen LogP contribution in [0.4, 0.5) is 27.6 Å². The maximum absolute atomic E-state index is 14.0. The van der Waals surface area contributed by atoms with Gasteiger partial charge in [0, 0.05) is 11.8 Å². The zero-order valence-electron chi connectivity index (χ0n) is 15.5. The van der Waals surface area contributed by atoms with Crippen molar-refractivity contribution in [2.45, 2.75) is 11.7 Å². The monoisotopic (exact) mass is 472 g/mol. The number of hydrogen-bond acceptors (Lipinski definition) is 5. The summed E-state index contributed by atoms with van der Waals surface area (Å²) >= 11 is 5.21. The lowest BCUT2D eigenvalue weighted by Gasteiger charge is -2.11. The zero-order chi connectivity index (χ0) is 23.1. The Morgan fingerprint density at radius 1 is 1.09 bits per heavy atom. The van der Waals surface area contributed by atoms with Crippen LogP contribution in [0.2, 0.25) is 0 Å². The molecule has 0 spiro atoms. The second kappa shape index (κ2) is 7.79. The maximum atomic E-state index is 14.0. The lowest BCUT2D eigenvalue weighted by molar-refractivity contribution is -0.274. The minimum Gasteiger partial charge on any atom is -0.463 e. The van der Waals surface area contributed by atoms with E-state index in [-0.39, 0.29) is 28.5 Å². The Bertz CT molecular complexity index is 1270. The number of rotatable bonds is 5. The number of carbonyl (C=O) groups is 1. The fraction of sp³-hybridized carbons (Fsp3) is 0.105. The van der Waals surface area contributed by atoms with Crippen molar-refractivity contribution >= 4 is 28.8 Å². The molecule has 166 valence electrons.